The highest BCUT2D eigenvalue weighted by Crippen LogP contribution is 2.31. The molecule has 1 N–H and O–H groups in total. The van der Waals surface area contributed by atoms with Crippen LogP contribution < -0.4 is 0 Å². The molecule has 2 aliphatic rings. The number of amidine groups is 1. The molecule has 0 saturated heterocycles. The second-order valence-corrected chi connectivity index (χ2v) is 6.16. The zero-order valence-electron chi connectivity index (χ0n) is 11.5. The van der Waals surface area contributed by atoms with Crippen molar-refractivity contribution in [3.63, 3.8) is 0 Å². The quantitative estimate of drug-likeness (QED) is 0.568. The van der Waals surface area contributed by atoms with Gasteiger partial charge in [-0.1, -0.05) is 39.0 Å². The van der Waals surface area contributed by atoms with Gasteiger partial charge < -0.3 is 4.90 Å². The average Bonchev–Trinajstić information content (AvgIpc) is 2.39. The standard InChI is InChI=1S/C15H28N2/c1-12-8-6-7-11-14(12)17(2)15(16)13-9-4-3-5-10-13/h12-14,16H,3-11H2,1-2H3. The predicted molar refractivity (Wildman–Crippen MR) is 73.5 cm³/mol. The van der Waals surface area contributed by atoms with Crippen molar-refractivity contribution in [2.75, 3.05) is 7.05 Å². The van der Waals surface area contributed by atoms with E-state index in [1.54, 1.807) is 0 Å². The lowest BCUT2D eigenvalue weighted by molar-refractivity contribution is 0.194. The number of nitrogens with zero attached hydrogens (tertiary/aromatic N) is 1. The van der Waals surface area contributed by atoms with Gasteiger partial charge in [0.25, 0.3) is 0 Å². The molecule has 2 aliphatic carbocycles. The average molecular weight is 236 g/mol. The van der Waals surface area contributed by atoms with Crippen molar-refractivity contribution in [2.24, 2.45) is 11.8 Å². The zero-order valence-corrected chi connectivity index (χ0v) is 11.5. The maximum absolute atomic E-state index is 8.44. The Morgan fingerprint density at radius 1 is 0.941 bits per heavy atom. The van der Waals surface area contributed by atoms with Gasteiger partial charge in [0.15, 0.2) is 0 Å². The Labute approximate surface area is 106 Å². The third-order valence-corrected chi connectivity index (χ3v) is 4.94. The van der Waals surface area contributed by atoms with Gasteiger partial charge in [0.05, 0.1) is 5.84 Å². The molecule has 0 bridgehead atoms. The Morgan fingerprint density at radius 2 is 1.53 bits per heavy atom. The van der Waals surface area contributed by atoms with Crippen molar-refractivity contribution in [1.82, 2.24) is 4.90 Å². The van der Waals surface area contributed by atoms with Crippen LogP contribution in [0.25, 0.3) is 0 Å². The molecule has 0 aliphatic heterocycles. The van der Waals surface area contributed by atoms with Crippen LogP contribution in [0.2, 0.25) is 0 Å². The van der Waals surface area contributed by atoms with Crippen LogP contribution in [0.1, 0.15) is 64.7 Å². The molecular weight excluding hydrogens is 208 g/mol. The van der Waals surface area contributed by atoms with E-state index >= 15 is 0 Å². The van der Waals surface area contributed by atoms with E-state index in [1.807, 2.05) is 0 Å². The fourth-order valence-corrected chi connectivity index (χ4v) is 3.71. The molecule has 0 aromatic heterocycles. The molecule has 2 fully saturated rings. The maximum Gasteiger partial charge on any atom is 0.0989 e. The summed E-state index contributed by atoms with van der Waals surface area (Å²) in [6.45, 7) is 2.37. The van der Waals surface area contributed by atoms with Crippen molar-refractivity contribution >= 4 is 5.84 Å². The number of nitrogens with one attached hydrogen (secondary N) is 1. The van der Waals surface area contributed by atoms with E-state index in [1.165, 1.54) is 57.8 Å². The Morgan fingerprint density at radius 3 is 2.18 bits per heavy atom. The van der Waals surface area contributed by atoms with Gasteiger partial charge in [-0.15, -0.1) is 0 Å². The summed E-state index contributed by atoms with van der Waals surface area (Å²) in [5.41, 5.74) is 0. The molecule has 17 heavy (non-hydrogen) atoms. The van der Waals surface area contributed by atoms with Crippen molar-refractivity contribution in [2.45, 2.75) is 70.8 Å². The lowest BCUT2D eigenvalue weighted by Crippen LogP contribution is -2.45. The fourth-order valence-electron chi connectivity index (χ4n) is 3.71. The van der Waals surface area contributed by atoms with E-state index in [9.17, 15) is 0 Å². The van der Waals surface area contributed by atoms with E-state index < -0.39 is 0 Å². The third kappa shape index (κ3) is 3.02. The first-order valence-electron chi connectivity index (χ1n) is 7.51. The summed E-state index contributed by atoms with van der Waals surface area (Å²) in [5, 5.41) is 8.44. The van der Waals surface area contributed by atoms with Crippen LogP contribution in [0, 0.1) is 17.2 Å². The summed E-state index contributed by atoms with van der Waals surface area (Å²) < 4.78 is 0. The van der Waals surface area contributed by atoms with Crippen LogP contribution in [0.3, 0.4) is 0 Å². The fraction of sp³-hybridized carbons (Fsp3) is 0.933. The molecule has 0 aromatic carbocycles. The normalized spacial score (nSPS) is 31.2. The molecule has 2 nitrogen and oxygen atoms in total. The molecule has 2 atom stereocenters. The predicted octanol–water partition coefficient (Wildman–Crippen LogP) is 4.05. The number of hydrogen-bond donors (Lipinski definition) is 1. The first kappa shape index (κ1) is 12.9. The van der Waals surface area contributed by atoms with E-state index in [0.29, 0.717) is 12.0 Å². The lowest BCUT2D eigenvalue weighted by Gasteiger charge is -2.40. The summed E-state index contributed by atoms with van der Waals surface area (Å²) >= 11 is 0. The van der Waals surface area contributed by atoms with Gasteiger partial charge in [0.1, 0.15) is 0 Å². The van der Waals surface area contributed by atoms with Crippen LogP contribution in [0.4, 0.5) is 0 Å². The Hall–Kier alpha value is -0.530. The topological polar surface area (TPSA) is 27.1 Å². The van der Waals surface area contributed by atoms with Gasteiger partial charge in [-0.05, 0) is 31.6 Å². The van der Waals surface area contributed by atoms with Crippen molar-refractivity contribution in [3.05, 3.63) is 0 Å². The zero-order chi connectivity index (χ0) is 12.3. The molecule has 0 heterocycles. The highest BCUT2D eigenvalue weighted by atomic mass is 15.2. The first-order chi connectivity index (χ1) is 8.20. The van der Waals surface area contributed by atoms with E-state index in [0.717, 1.165) is 11.8 Å². The van der Waals surface area contributed by atoms with Crippen LogP contribution in [-0.4, -0.2) is 23.8 Å². The van der Waals surface area contributed by atoms with Gasteiger partial charge >= 0.3 is 0 Å². The largest absolute Gasteiger partial charge is 0.360 e. The Kier molecular flexibility index (Phi) is 4.47. The van der Waals surface area contributed by atoms with Gasteiger partial charge in [-0.3, -0.25) is 5.41 Å². The third-order valence-electron chi connectivity index (χ3n) is 4.94. The van der Waals surface area contributed by atoms with Crippen LogP contribution in [0.15, 0.2) is 0 Å². The molecule has 0 amide bonds. The highest BCUT2D eigenvalue weighted by Gasteiger charge is 2.29. The van der Waals surface area contributed by atoms with E-state index in [-0.39, 0.29) is 0 Å². The molecule has 2 unspecified atom stereocenters. The number of rotatable bonds is 2. The molecule has 2 heteroatoms. The Balaban J connectivity index is 1.92. The minimum Gasteiger partial charge on any atom is -0.360 e. The van der Waals surface area contributed by atoms with Gasteiger partial charge in [0.2, 0.25) is 0 Å². The first-order valence-corrected chi connectivity index (χ1v) is 7.51. The maximum atomic E-state index is 8.44. The molecular formula is C15H28N2. The summed E-state index contributed by atoms with van der Waals surface area (Å²) in [7, 11) is 2.17. The summed E-state index contributed by atoms with van der Waals surface area (Å²) in [4.78, 5) is 2.32. The van der Waals surface area contributed by atoms with E-state index in [2.05, 4.69) is 18.9 Å². The summed E-state index contributed by atoms with van der Waals surface area (Å²) in [6, 6.07) is 0.637. The molecule has 0 radical (unpaired) electrons. The summed E-state index contributed by atoms with van der Waals surface area (Å²) in [5.74, 6) is 2.27. The SMILES string of the molecule is CC1CCCCC1N(C)C(=N)C1CCCCC1. The van der Waals surface area contributed by atoms with E-state index in [4.69, 9.17) is 5.41 Å². The lowest BCUT2D eigenvalue weighted by atomic mass is 9.83. The summed E-state index contributed by atoms with van der Waals surface area (Å²) in [6.07, 6.45) is 12.0. The van der Waals surface area contributed by atoms with Crippen molar-refractivity contribution < 1.29 is 0 Å². The van der Waals surface area contributed by atoms with Crippen LogP contribution in [0.5, 0.6) is 0 Å². The molecule has 0 aromatic rings. The minimum atomic E-state index is 0.558. The number of hydrogen-bond acceptors (Lipinski definition) is 1. The highest BCUT2D eigenvalue weighted by molar-refractivity contribution is 5.81. The van der Waals surface area contributed by atoms with Gasteiger partial charge in [0, 0.05) is 19.0 Å². The van der Waals surface area contributed by atoms with Gasteiger partial charge in [-0.25, -0.2) is 0 Å². The van der Waals surface area contributed by atoms with Crippen molar-refractivity contribution in [3.8, 4) is 0 Å². The smallest absolute Gasteiger partial charge is 0.0989 e. The molecule has 2 saturated carbocycles. The molecule has 98 valence electrons. The van der Waals surface area contributed by atoms with Gasteiger partial charge in [-0.2, -0.15) is 0 Å². The van der Waals surface area contributed by atoms with Crippen molar-refractivity contribution in [1.29, 1.82) is 5.41 Å². The minimum absolute atomic E-state index is 0.558. The molecule has 0 spiro atoms. The monoisotopic (exact) mass is 236 g/mol. The Bertz CT molecular complexity index is 256. The second-order valence-electron chi connectivity index (χ2n) is 6.16. The second kappa shape index (κ2) is 5.88. The van der Waals surface area contributed by atoms with Crippen LogP contribution in [-0.2, 0) is 0 Å². The molecule has 2 rings (SSSR count). The van der Waals surface area contributed by atoms with Crippen LogP contribution >= 0.6 is 0 Å².